The summed E-state index contributed by atoms with van der Waals surface area (Å²) in [6.07, 6.45) is 16.0. The highest BCUT2D eigenvalue weighted by molar-refractivity contribution is 6.31. The number of halogens is 1. The van der Waals surface area contributed by atoms with Crippen LogP contribution in [0.25, 0.3) is 11.1 Å². The summed E-state index contributed by atoms with van der Waals surface area (Å²) in [5.74, 6) is -0.248. The molecule has 0 bridgehead atoms. The molecule has 0 spiro atoms. The summed E-state index contributed by atoms with van der Waals surface area (Å²) in [7, 11) is 3.44. The lowest BCUT2D eigenvalue weighted by atomic mass is 9.69. The van der Waals surface area contributed by atoms with Crippen LogP contribution in [0.3, 0.4) is 0 Å². The van der Waals surface area contributed by atoms with Gasteiger partial charge in [0.05, 0.1) is 6.42 Å². The fourth-order valence-corrected chi connectivity index (χ4v) is 11.5. The van der Waals surface area contributed by atoms with Gasteiger partial charge in [-0.15, -0.1) is 0 Å². The summed E-state index contributed by atoms with van der Waals surface area (Å²) in [6.45, 7) is 6.41. The maximum Gasteiger partial charge on any atom is 0.410 e. The minimum Gasteiger partial charge on any atom is -0.448 e. The van der Waals surface area contributed by atoms with Crippen LogP contribution in [0, 0.1) is 17.8 Å². The number of esters is 1. The number of ether oxygens (including phenoxy) is 2. The van der Waals surface area contributed by atoms with Crippen LogP contribution >= 0.6 is 11.6 Å². The van der Waals surface area contributed by atoms with Gasteiger partial charge in [-0.3, -0.25) is 14.5 Å². The molecule has 0 N–H and O–H groups in total. The molecule has 4 aromatic carbocycles. The van der Waals surface area contributed by atoms with Gasteiger partial charge < -0.3 is 14.4 Å². The summed E-state index contributed by atoms with van der Waals surface area (Å²) in [4.78, 5) is 46.9. The summed E-state index contributed by atoms with van der Waals surface area (Å²) in [5.41, 5.74) is 5.85. The van der Waals surface area contributed by atoms with Crippen LogP contribution in [0.2, 0.25) is 5.02 Å². The zero-order chi connectivity index (χ0) is 45.2. The minimum atomic E-state index is -1.31. The van der Waals surface area contributed by atoms with E-state index in [-0.39, 0.29) is 36.7 Å². The van der Waals surface area contributed by atoms with Gasteiger partial charge in [0.15, 0.2) is 5.60 Å². The van der Waals surface area contributed by atoms with Crippen LogP contribution in [0.1, 0.15) is 139 Å². The van der Waals surface area contributed by atoms with Crippen molar-refractivity contribution in [3.05, 3.63) is 142 Å². The van der Waals surface area contributed by atoms with Crippen molar-refractivity contribution in [3.63, 3.8) is 0 Å². The van der Waals surface area contributed by atoms with Gasteiger partial charge in [0, 0.05) is 42.2 Å². The number of allylic oxidation sites excluding steroid dienone is 1. The van der Waals surface area contributed by atoms with Gasteiger partial charge in [-0.1, -0.05) is 179 Å². The maximum absolute atomic E-state index is 14.9. The maximum atomic E-state index is 14.9. The molecular weight excluding hydrogens is 816 g/mol. The average molecular weight is 886 g/mol. The second kappa shape index (κ2) is 21.9. The van der Waals surface area contributed by atoms with Crippen LogP contribution in [0.15, 0.2) is 115 Å². The number of hydrogen-bond donors (Lipinski definition) is 0. The first-order valence-electron chi connectivity index (χ1n) is 24.1. The van der Waals surface area contributed by atoms with E-state index in [1.807, 2.05) is 85.8 Å². The van der Waals surface area contributed by atoms with Crippen LogP contribution in [-0.4, -0.2) is 60.6 Å². The summed E-state index contributed by atoms with van der Waals surface area (Å²) in [6, 6.07) is 33.0. The first-order valence-corrected chi connectivity index (χ1v) is 24.5. The van der Waals surface area contributed by atoms with Gasteiger partial charge in [-0.25, -0.2) is 4.79 Å². The molecule has 0 radical (unpaired) electrons. The van der Waals surface area contributed by atoms with Crippen molar-refractivity contribution >= 4 is 29.6 Å². The number of carbonyl (C=O) groups is 3. The van der Waals surface area contributed by atoms with Crippen LogP contribution in [0.5, 0.6) is 0 Å². The van der Waals surface area contributed by atoms with Crippen molar-refractivity contribution in [2.45, 2.75) is 134 Å². The van der Waals surface area contributed by atoms with Crippen molar-refractivity contribution in [1.29, 1.82) is 0 Å². The van der Waals surface area contributed by atoms with E-state index < -0.39 is 29.7 Å². The lowest BCUT2D eigenvalue weighted by Crippen LogP contribution is -2.54. The Kier molecular flexibility index (Phi) is 16.1. The molecule has 3 aliphatic carbocycles. The van der Waals surface area contributed by atoms with Crippen LogP contribution in [-0.2, 0) is 24.7 Å². The topological polar surface area (TPSA) is 76.2 Å². The largest absolute Gasteiger partial charge is 0.448 e. The predicted molar refractivity (Wildman–Crippen MR) is 258 cm³/mol. The summed E-state index contributed by atoms with van der Waals surface area (Å²) >= 11 is 7.15. The van der Waals surface area contributed by atoms with Gasteiger partial charge in [0.25, 0.3) is 0 Å². The molecule has 2 amide bonds. The van der Waals surface area contributed by atoms with E-state index in [2.05, 4.69) is 44.2 Å². The summed E-state index contributed by atoms with van der Waals surface area (Å²) < 4.78 is 13.1. The smallest absolute Gasteiger partial charge is 0.410 e. The molecule has 2 fully saturated rings. The molecule has 64 heavy (non-hydrogen) atoms. The molecule has 2 unspecified atom stereocenters. The monoisotopic (exact) mass is 884 g/mol. The van der Waals surface area contributed by atoms with Crippen molar-refractivity contribution in [3.8, 4) is 11.1 Å². The molecule has 4 atom stereocenters. The van der Waals surface area contributed by atoms with Crippen LogP contribution < -0.4 is 0 Å². The average Bonchev–Trinajstić information content (AvgIpc) is 3.71. The third-order valence-corrected chi connectivity index (χ3v) is 15.2. The highest BCUT2D eigenvalue weighted by Crippen LogP contribution is 2.50. The van der Waals surface area contributed by atoms with E-state index in [4.69, 9.17) is 21.1 Å². The van der Waals surface area contributed by atoms with E-state index in [1.54, 1.807) is 19.0 Å². The van der Waals surface area contributed by atoms with E-state index in [0.717, 1.165) is 83.9 Å². The number of amides is 2. The van der Waals surface area contributed by atoms with Gasteiger partial charge in [-0.05, 0) is 91.2 Å². The van der Waals surface area contributed by atoms with Crippen LogP contribution in [0.4, 0.5) is 4.79 Å². The van der Waals surface area contributed by atoms with E-state index >= 15 is 0 Å². The number of carbonyl (C=O) groups excluding carboxylic acids is 3. The van der Waals surface area contributed by atoms with Gasteiger partial charge >= 0.3 is 12.1 Å². The quantitative estimate of drug-likeness (QED) is 0.0931. The number of nitrogens with zero attached hydrogens (tertiary/aromatic N) is 2. The van der Waals surface area contributed by atoms with Crippen molar-refractivity contribution in [2.75, 3.05) is 20.7 Å². The van der Waals surface area contributed by atoms with Crippen molar-refractivity contribution in [1.82, 2.24) is 9.80 Å². The molecular formula is C56H69ClN2O5. The zero-order valence-corrected chi connectivity index (χ0v) is 39.5. The van der Waals surface area contributed by atoms with E-state index in [0.29, 0.717) is 10.9 Å². The third kappa shape index (κ3) is 10.2. The normalized spacial score (nSPS) is 18.8. The fraction of sp³-hybridized carbons (Fsp3) is 0.482. The molecule has 7 nitrogen and oxygen atoms in total. The Morgan fingerprint density at radius 1 is 0.688 bits per heavy atom. The van der Waals surface area contributed by atoms with Crippen molar-refractivity contribution < 1.29 is 23.9 Å². The highest BCUT2D eigenvalue weighted by atomic mass is 35.5. The Bertz CT molecular complexity index is 2180. The Hall–Kier alpha value is -4.88. The second-order valence-corrected chi connectivity index (χ2v) is 19.2. The van der Waals surface area contributed by atoms with Gasteiger partial charge in [0.1, 0.15) is 12.6 Å². The molecule has 2 saturated carbocycles. The minimum absolute atomic E-state index is 0.0318. The molecule has 0 heterocycles. The first kappa shape index (κ1) is 47.1. The standard InChI is InChI=1S/C56H69ClN2O5/c1-6-49(40(3)41-25-13-9-7-8-10-14-26-41)56(43-29-17-12-18-30-43,50-35-23-24-36-51(50)57)64-52(60)37-39(2)58(4)54(61)53(42-27-15-11-16-28-42)59(5)55(62)63-38-48-46-33-21-19-31-44(46)45-32-20-22-34-47(45)48/h6,12,17-24,29-36,39-42,48,53H,7-11,13-16,25-28,37-38H2,1-5H3/b49-6+/t39-,40?,53+,56?/m1/s1. The molecule has 340 valence electrons. The SMILES string of the molecule is C/C=C(\C(C)C1CCCCCCCC1)C(OC(=O)C[C@@H](C)N(C)C(=O)[C@H](C1CCCCC1)N(C)C(=O)OCC1c2ccccc2-c2ccccc21)(c1ccccc1)c1ccccc1Cl. The Balaban J connectivity index is 1.13. The number of rotatable bonds is 14. The Labute approximate surface area is 387 Å². The Morgan fingerprint density at radius 2 is 1.20 bits per heavy atom. The molecule has 0 saturated heterocycles. The molecule has 7 rings (SSSR count). The molecule has 0 aromatic heterocycles. The third-order valence-electron chi connectivity index (χ3n) is 14.9. The summed E-state index contributed by atoms with van der Waals surface area (Å²) in [5, 5.41) is 0.520. The molecule has 8 heteroatoms. The number of fused-ring (bicyclic) bond motifs is 3. The lowest BCUT2D eigenvalue weighted by molar-refractivity contribution is -0.156. The number of likely N-dealkylation sites (N-methyl/N-ethyl adjacent to an activating group) is 2. The fourth-order valence-electron chi connectivity index (χ4n) is 11.2. The Morgan fingerprint density at radius 3 is 1.80 bits per heavy atom. The predicted octanol–water partition coefficient (Wildman–Crippen LogP) is 13.5. The lowest BCUT2D eigenvalue weighted by Gasteiger charge is -2.42. The van der Waals surface area contributed by atoms with Gasteiger partial charge in [0.2, 0.25) is 5.91 Å². The first-order chi connectivity index (χ1) is 31.1. The zero-order valence-electron chi connectivity index (χ0n) is 38.8. The molecule has 0 aliphatic heterocycles. The number of hydrogen-bond acceptors (Lipinski definition) is 5. The molecule has 3 aliphatic rings. The van der Waals surface area contributed by atoms with E-state index in [1.165, 1.54) is 43.4 Å². The number of benzene rings is 4. The molecule has 4 aromatic rings. The van der Waals surface area contributed by atoms with Gasteiger partial charge in [-0.2, -0.15) is 0 Å². The second-order valence-electron chi connectivity index (χ2n) is 18.8. The highest BCUT2D eigenvalue weighted by Gasteiger charge is 2.47. The van der Waals surface area contributed by atoms with Crippen molar-refractivity contribution in [2.24, 2.45) is 17.8 Å². The van der Waals surface area contributed by atoms with E-state index in [9.17, 15) is 14.4 Å².